The van der Waals surface area contributed by atoms with Crippen LogP contribution >= 0.6 is 11.6 Å². The summed E-state index contributed by atoms with van der Waals surface area (Å²) in [6, 6.07) is 9.03. The largest absolute Gasteiger partial charge is 0.492 e. The lowest BCUT2D eigenvalue weighted by molar-refractivity contribution is 0.342. The number of alkyl halides is 1. The Balaban J connectivity index is 2.68. The Morgan fingerprint density at radius 3 is 3.00 bits per heavy atom. The quantitative estimate of drug-likeness (QED) is 0.670. The average molecular weight is 182 g/mol. The molecule has 0 spiro atoms. The monoisotopic (exact) mass is 181 g/mol. The predicted molar refractivity (Wildman–Crippen MR) is 47.4 cm³/mol. The molecule has 0 saturated carbocycles. The summed E-state index contributed by atoms with van der Waals surface area (Å²) < 4.78 is 5.21. The third-order valence-corrected chi connectivity index (χ3v) is 1.46. The van der Waals surface area contributed by atoms with Gasteiger partial charge in [0.15, 0.2) is 0 Å². The molecule has 0 heterocycles. The molecule has 0 N–H and O–H groups in total. The Bertz CT molecular complexity index is 293. The second-order valence-corrected chi connectivity index (χ2v) is 2.56. The van der Waals surface area contributed by atoms with Crippen molar-refractivity contribution in [3.8, 4) is 11.8 Å². The van der Waals surface area contributed by atoms with Gasteiger partial charge < -0.3 is 4.74 Å². The number of nitrogens with zero attached hydrogens (tertiary/aromatic N) is 1. The van der Waals surface area contributed by atoms with Crippen molar-refractivity contribution in [2.45, 2.75) is 0 Å². The highest BCUT2D eigenvalue weighted by molar-refractivity contribution is 6.17. The maximum Gasteiger partial charge on any atom is 0.120 e. The van der Waals surface area contributed by atoms with E-state index in [1.54, 1.807) is 24.3 Å². The van der Waals surface area contributed by atoms with E-state index in [0.29, 0.717) is 23.8 Å². The lowest BCUT2D eigenvalue weighted by atomic mass is 10.2. The summed E-state index contributed by atoms with van der Waals surface area (Å²) in [6.45, 7) is 0.469. The zero-order valence-electron chi connectivity index (χ0n) is 6.46. The molecular weight excluding hydrogens is 174 g/mol. The van der Waals surface area contributed by atoms with E-state index in [1.807, 2.05) is 6.07 Å². The zero-order chi connectivity index (χ0) is 8.81. The van der Waals surface area contributed by atoms with E-state index in [4.69, 9.17) is 21.6 Å². The Morgan fingerprint density at radius 1 is 1.50 bits per heavy atom. The van der Waals surface area contributed by atoms with Gasteiger partial charge in [0.25, 0.3) is 0 Å². The van der Waals surface area contributed by atoms with Crippen molar-refractivity contribution in [2.24, 2.45) is 0 Å². The minimum absolute atomic E-state index is 0.455. The topological polar surface area (TPSA) is 33.0 Å². The van der Waals surface area contributed by atoms with Gasteiger partial charge in [0.1, 0.15) is 12.4 Å². The van der Waals surface area contributed by atoms with Crippen molar-refractivity contribution in [1.29, 1.82) is 5.26 Å². The first kappa shape index (κ1) is 8.89. The lowest BCUT2D eigenvalue weighted by Gasteiger charge is -2.02. The van der Waals surface area contributed by atoms with Crippen LogP contribution in [0.2, 0.25) is 0 Å². The Morgan fingerprint density at radius 2 is 2.33 bits per heavy atom. The van der Waals surface area contributed by atoms with Gasteiger partial charge in [0, 0.05) is 0 Å². The summed E-state index contributed by atoms with van der Waals surface area (Å²) in [5.41, 5.74) is 0.599. The third-order valence-electron chi connectivity index (χ3n) is 1.31. The fourth-order valence-electron chi connectivity index (χ4n) is 0.812. The van der Waals surface area contributed by atoms with Crippen molar-refractivity contribution in [1.82, 2.24) is 0 Å². The summed E-state index contributed by atoms with van der Waals surface area (Å²) in [7, 11) is 0. The van der Waals surface area contributed by atoms with Gasteiger partial charge in [-0.05, 0) is 18.2 Å². The first-order valence-electron chi connectivity index (χ1n) is 3.56. The van der Waals surface area contributed by atoms with Crippen LogP contribution in [-0.4, -0.2) is 12.5 Å². The standard InChI is InChI=1S/C9H8ClNO/c10-4-5-12-9-3-1-2-8(6-9)7-11/h1-3,6H,4-5H2. The van der Waals surface area contributed by atoms with Gasteiger partial charge in [0.05, 0.1) is 17.5 Å². The SMILES string of the molecule is N#Cc1cccc(OCCCl)c1. The van der Waals surface area contributed by atoms with Gasteiger partial charge >= 0.3 is 0 Å². The van der Waals surface area contributed by atoms with E-state index in [2.05, 4.69) is 0 Å². The van der Waals surface area contributed by atoms with E-state index >= 15 is 0 Å². The van der Waals surface area contributed by atoms with E-state index < -0.39 is 0 Å². The Labute approximate surface area is 76.3 Å². The van der Waals surface area contributed by atoms with Crippen molar-refractivity contribution >= 4 is 11.6 Å². The molecule has 0 atom stereocenters. The number of hydrogen-bond donors (Lipinski definition) is 0. The van der Waals surface area contributed by atoms with Gasteiger partial charge in [0.2, 0.25) is 0 Å². The maximum atomic E-state index is 8.56. The van der Waals surface area contributed by atoms with Crippen LogP contribution in [0, 0.1) is 11.3 Å². The zero-order valence-corrected chi connectivity index (χ0v) is 7.21. The molecule has 0 aliphatic rings. The highest BCUT2D eigenvalue weighted by Crippen LogP contribution is 2.12. The molecule has 0 fully saturated rings. The fourth-order valence-corrected chi connectivity index (χ4v) is 0.889. The molecule has 1 aromatic rings. The van der Waals surface area contributed by atoms with Crippen LogP contribution in [0.25, 0.3) is 0 Å². The van der Waals surface area contributed by atoms with Crippen molar-refractivity contribution < 1.29 is 4.74 Å². The molecule has 0 aromatic heterocycles. The van der Waals surface area contributed by atoms with Gasteiger partial charge in [-0.2, -0.15) is 5.26 Å². The minimum Gasteiger partial charge on any atom is -0.492 e. The third kappa shape index (κ3) is 2.44. The van der Waals surface area contributed by atoms with Crippen LogP contribution < -0.4 is 4.74 Å². The summed E-state index contributed by atoms with van der Waals surface area (Å²) in [6.07, 6.45) is 0. The van der Waals surface area contributed by atoms with Gasteiger partial charge in [-0.15, -0.1) is 11.6 Å². The van der Waals surface area contributed by atoms with Crippen molar-refractivity contribution in [3.05, 3.63) is 29.8 Å². The predicted octanol–water partition coefficient (Wildman–Crippen LogP) is 2.18. The smallest absolute Gasteiger partial charge is 0.120 e. The molecule has 62 valence electrons. The van der Waals surface area contributed by atoms with Crippen molar-refractivity contribution in [2.75, 3.05) is 12.5 Å². The van der Waals surface area contributed by atoms with Gasteiger partial charge in [-0.25, -0.2) is 0 Å². The molecule has 0 unspecified atom stereocenters. The Hall–Kier alpha value is -1.20. The molecule has 0 saturated heterocycles. The second kappa shape index (κ2) is 4.63. The summed E-state index contributed by atoms with van der Waals surface area (Å²) in [4.78, 5) is 0. The minimum atomic E-state index is 0.455. The fraction of sp³-hybridized carbons (Fsp3) is 0.222. The molecule has 0 bridgehead atoms. The van der Waals surface area contributed by atoms with E-state index in [-0.39, 0.29) is 0 Å². The maximum absolute atomic E-state index is 8.56. The first-order valence-corrected chi connectivity index (χ1v) is 4.09. The van der Waals surface area contributed by atoms with E-state index in [1.165, 1.54) is 0 Å². The number of hydrogen-bond acceptors (Lipinski definition) is 2. The number of benzene rings is 1. The summed E-state index contributed by atoms with van der Waals surface area (Å²) >= 11 is 5.44. The molecule has 1 aromatic carbocycles. The molecule has 2 nitrogen and oxygen atoms in total. The molecule has 3 heteroatoms. The highest BCUT2D eigenvalue weighted by Gasteiger charge is 1.94. The molecule has 0 amide bonds. The number of ether oxygens (including phenoxy) is 1. The van der Waals surface area contributed by atoms with E-state index in [9.17, 15) is 0 Å². The van der Waals surface area contributed by atoms with Crippen LogP contribution in [0.4, 0.5) is 0 Å². The number of rotatable bonds is 3. The lowest BCUT2D eigenvalue weighted by Crippen LogP contribution is -1.97. The van der Waals surface area contributed by atoms with Gasteiger partial charge in [-0.1, -0.05) is 6.07 Å². The normalized spacial score (nSPS) is 9.00. The Kier molecular flexibility index (Phi) is 3.43. The van der Waals surface area contributed by atoms with E-state index in [0.717, 1.165) is 0 Å². The highest BCUT2D eigenvalue weighted by atomic mass is 35.5. The molecule has 1 rings (SSSR count). The molecule has 0 aliphatic heterocycles. The van der Waals surface area contributed by atoms with Crippen LogP contribution in [0.15, 0.2) is 24.3 Å². The van der Waals surface area contributed by atoms with Crippen molar-refractivity contribution in [3.63, 3.8) is 0 Å². The van der Waals surface area contributed by atoms with Crippen LogP contribution in [0.3, 0.4) is 0 Å². The van der Waals surface area contributed by atoms with Crippen LogP contribution in [-0.2, 0) is 0 Å². The number of nitriles is 1. The summed E-state index contributed by atoms with van der Waals surface area (Å²) in [5, 5.41) is 8.56. The first-order chi connectivity index (χ1) is 5.86. The molecule has 0 aliphatic carbocycles. The number of halogens is 1. The average Bonchev–Trinajstić information content (AvgIpc) is 2.15. The van der Waals surface area contributed by atoms with Crippen LogP contribution in [0.5, 0.6) is 5.75 Å². The van der Waals surface area contributed by atoms with Gasteiger partial charge in [-0.3, -0.25) is 0 Å². The van der Waals surface area contributed by atoms with Crippen LogP contribution in [0.1, 0.15) is 5.56 Å². The summed E-state index contributed by atoms with van der Waals surface area (Å²) in [5.74, 6) is 1.14. The molecule has 12 heavy (non-hydrogen) atoms. The molecular formula is C9H8ClNO. The molecule has 0 radical (unpaired) electrons. The second-order valence-electron chi connectivity index (χ2n) is 2.18.